The zero-order valence-electron chi connectivity index (χ0n) is 15.7. The molecule has 2 aromatic carbocycles. The van der Waals surface area contributed by atoms with Crippen molar-refractivity contribution in [2.24, 2.45) is 0 Å². The van der Waals surface area contributed by atoms with E-state index in [4.69, 9.17) is 9.15 Å². The van der Waals surface area contributed by atoms with Gasteiger partial charge in [0.15, 0.2) is 0 Å². The van der Waals surface area contributed by atoms with Crippen molar-refractivity contribution in [3.8, 4) is 11.5 Å². The Morgan fingerprint density at radius 1 is 0.933 bits per heavy atom. The highest BCUT2D eigenvalue weighted by atomic mass is 16.6. The van der Waals surface area contributed by atoms with Gasteiger partial charge in [-0.2, -0.15) is 0 Å². The molecule has 2 N–H and O–H groups in total. The number of ether oxygens (including phenoxy) is 1. The van der Waals surface area contributed by atoms with E-state index in [1.54, 1.807) is 36.4 Å². The first-order valence-electron chi connectivity index (χ1n) is 9.04. The maximum absolute atomic E-state index is 11.7. The summed E-state index contributed by atoms with van der Waals surface area (Å²) >= 11 is 0. The van der Waals surface area contributed by atoms with Crippen LogP contribution in [-0.4, -0.2) is 14.9 Å². The van der Waals surface area contributed by atoms with Gasteiger partial charge in [-0.1, -0.05) is 18.2 Å². The molecule has 9 nitrogen and oxygen atoms in total. The fourth-order valence-corrected chi connectivity index (χ4v) is 2.72. The minimum absolute atomic E-state index is 0.0775. The van der Waals surface area contributed by atoms with Gasteiger partial charge >= 0.3 is 5.69 Å². The van der Waals surface area contributed by atoms with Gasteiger partial charge in [0.2, 0.25) is 11.6 Å². The molecule has 2 aromatic heterocycles. The molecule has 0 bridgehead atoms. The van der Waals surface area contributed by atoms with E-state index in [0.717, 1.165) is 5.75 Å². The van der Waals surface area contributed by atoms with Crippen molar-refractivity contribution in [2.75, 3.05) is 10.6 Å². The van der Waals surface area contributed by atoms with Crippen molar-refractivity contribution in [1.29, 1.82) is 0 Å². The van der Waals surface area contributed by atoms with Crippen molar-refractivity contribution in [3.63, 3.8) is 0 Å². The zero-order valence-corrected chi connectivity index (χ0v) is 15.7. The molecule has 0 amide bonds. The number of aromatic nitrogens is 2. The highest BCUT2D eigenvalue weighted by Crippen LogP contribution is 2.32. The summed E-state index contributed by atoms with van der Waals surface area (Å²) in [5, 5.41) is 17.5. The fourth-order valence-electron chi connectivity index (χ4n) is 2.72. The van der Waals surface area contributed by atoms with Gasteiger partial charge in [0.1, 0.15) is 23.6 Å². The molecule has 0 saturated heterocycles. The number of para-hydroxylation sites is 1. The van der Waals surface area contributed by atoms with Crippen LogP contribution in [0, 0.1) is 10.1 Å². The zero-order chi connectivity index (χ0) is 20.8. The lowest BCUT2D eigenvalue weighted by atomic mass is 10.3. The minimum atomic E-state index is -0.528. The van der Waals surface area contributed by atoms with Crippen LogP contribution in [0.3, 0.4) is 0 Å². The minimum Gasteiger partial charge on any atom is -0.467 e. The Kier molecular flexibility index (Phi) is 5.52. The number of nitrogens with one attached hydrogen (secondary N) is 2. The molecule has 0 aliphatic heterocycles. The number of anilines is 3. The molecule has 0 atom stereocenters. The molecule has 0 radical (unpaired) electrons. The lowest BCUT2D eigenvalue weighted by Crippen LogP contribution is -2.08. The van der Waals surface area contributed by atoms with Crippen LogP contribution in [0.15, 0.2) is 83.7 Å². The van der Waals surface area contributed by atoms with Crippen molar-refractivity contribution < 1.29 is 14.1 Å². The first-order chi connectivity index (χ1) is 14.7. The van der Waals surface area contributed by atoms with E-state index < -0.39 is 4.92 Å². The predicted molar refractivity (Wildman–Crippen MR) is 111 cm³/mol. The molecule has 0 aliphatic rings. The standard InChI is InChI=1S/C21H17N5O4/c27-26(28)19-20(22-13-18-7-4-12-29-18)23-14-24-21(19)25-15-8-10-17(11-9-15)30-16-5-2-1-3-6-16/h1-12,14H,13H2,(H2,22,23,24,25). The topological polar surface area (TPSA) is 115 Å². The summed E-state index contributed by atoms with van der Waals surface area (Å²) in [4.78, 5) is 19.2. The molecule has 4 rings (SSSR count). The monoisotopic (exact) mass is 403 g/mol. The van der Waals surface area contributed by atoms with E-state index in [0.29, 0.717) is 17.2 Å². The molecule has 2 heterocycles. The Morgan fingerprint density at radius 2 is 1.67 bits per heavy atom. The van der Waals surface area contributed by atoms with Crippen LogP contribution in [0.2, 0.25) is 0 Å². The van der Waals surface area contributed by atoms with E-state index in [9.17, 15) is 10.1 Å². The van der Waals surface area contributed by atoms with Gasteiger partial charge in [-0.05, 0) is 48.5 Å². The maximum Gasteiger partial charge on any atom is 0.353 e. The first kappa shape index (κ1) is 18.9. The van der Waals surface area contributed by atoms with Crippen LogP contribution in [0.5, 0.6) is 11.5 Å². The summed E-state index contributed by atoms with van der Waals surface area (Å²) in [5.41, 5.74) is 0.364. The third-order valence-corrected chi connectivity index (χ3v) is 4.11. The average molecular weight is 403 g/mol. The van der Waals surface area contributed by atoms with Crippen LogP contribution >= 0.6 is 0 Å². The summed E-state index contributed by atoms with van der Waals surface area (Å²) in [6.45, 7) is 0.260. The number of nitro groups is 1. The van der Waals surface area contributed by atoms with Gasteiger partial charge in [-0.15, -0.1) is 0 Å². The average Bonchev–Trinajstić information content (AvgIpc) is 3.28. The molecule has 0 unspecified atom stereocenters. The number of benzene rings is 2. The first-order valence-corrected chi connectivity index (χ1v) is 9.04. The molecule has 0 fully saturated rings. The Labute approximate surface area is 171 Å². The number of hydrogen-bond acceptors (Lipinski definition) is 8. The van der Waals surface area contributed by atoms with Crippen LogP contribution in [-0.2, 0) is 6.54 Å². The molecule has 0 aliphatic carbocycles. The van der Waals surface area contributed by atoms with E-state index in [-0.39, 0.29) is 23.9 Å². The second kappa shape index (κ2) is 8.74. The molecule has 9 heteroatoms. The largest absolute Gasteiger partial charge is 0.467 e. The summed E-state index contributed by atoms with van der Waals surface area (Å²) < 4.78 is 11.0. The highest BCUT2D eigenvalue weighted by Gasteiger charge is 2.23. The number of rotatable bonds is 8. The van der Waals surface area contributed by atoms with Crippen molar-refractivity contribution in [3.05, 3.63) is 95.2 Å². The maximum atomic E-state index is 11.7. The molecule has 4 aromatic rings. The summed E-state index contributed by atoms with van der Waals surface area (Å²) in [5.74, 6) is 2.17. The van der Waals surface area contributed by atoms with Gasteiger partial charge in [-0.25, -0.2) is 9.97 Å². The fraction of sp³-hybridized carbons (Fsp3) is 0.0476. The molecule has 0 saturated carbocycles. The quantitative estimate of drug-likeness (QED) is 0.307. The van der Waals surface area contributed by atoms with Crippen molar-refractivity contribution in [1.82, 2.24) is 9.97 Å². The van der Waals surface area contributed by atoms with Crippen LogP contribution in [0.1, 0.15) is 5.76 Å². The second-order valence-corrected chi connectivity index (χ2v) is 6.17. The number of hydrogen-bond donors (Lipinski definition) is 2. The smallest absolute Gasteiger partial charge is 0.353 e. The SMILES string of the molecule is O=[N+]([O-])c1c(NCc2ccco2)ncnc1Nc1ccc(Oc2ccccc2)cc1. The summed E-state index contributed by atoms with van der Waals surface area (Å²) in [6, 6.07) is 19.9. The van der Waals surface area contributed by atoms with E-state index in [1.165, 1.54) is 12.6 Å². The van der Waals surface area contributed by atoms with Gasteiger partial charge in [0.05, 0.1) is 17.7 Å². The molecule has 30 heavy (non-hydrogen) atoms. The Bertz CT molecular complexity index is 1120. The Hall–Kier alpha value is -4.40. The third kappa shape index (κ3) is 4.53. The third-order valence-electron chi connectivity index (χ3n) is 4.11. The molecule has 0 spiro atoms. The molecule has 150 valence electrons. The van der Waals surface area contributed by atoms with E-state index in [2.05, 4.69) is 20.6 Å². The second-order valence-electron chi connectivity index (χ2n) is 6.17. The highest BCUT2D eigenvalue weighted by molar-refractivity contribution is 5.73. The Balaban J connectivity index is 1.50. The van der Waals surface area contributed by atoms with Crippen molar-refractivity contribution >= 4 is 23.0 Å². The molecular weight excluding hydrogens is 386 g/mol. The van der Waals surface area contributed by atoms with Gasteiger partial charge in [0.25, 0.3) is 0 Å². The normalized spacial score (nSPS) is 10.4. The predicted octanol–water partition coefficient (Wildman–Crippen LogP) is 5.13. The van der Waals surface area contributed by atoms with Gasteiger partial charge < -0.3 is 19.8 Å². The van der Waals surface area contributed by atoms with Crippen LogP contribution in [0.25, 0.3) is 0 Å². The summed E-state index contributed by atoms with van der Waals surface area (Å²) in [6.07, 6.45) is 2.79. The summed E-state index contributed by atoms with van der Waals surface area (Å²) in [7, 11) is 0. The van der Waals surface area contributed by atoms with E-state index >= 15 is 0 Å². The lowest BCUT2D eigenvalue weighted by Gasteiger charge is -2.10. The van der Waals surface area contributed by atoms with Crippen molar-refractivity contribution in [2.45, 2.75) is 6.54 Å². The number of furan rings is 1. The van der Waals surface area contributed by atoms with Crippen LogP contribution < -0.4 is 15.4 Å². The number of nitrogens with zero attached hydrogens (tertiary/aromatic N) is 3. The van der Waals surface area contributed by atoms with Gasteiger partial charge in [-0.3, -0.25) is 10.1 Å². The van der Waals surface area contributed by atoms with Gasteiger partial charge in [0, 0.05) is 5.69 Å². The molecular formula is C21H17N5O4. The lowest BCUT2D eigenvalue weighted by molar-refractivity contribution is -0.383. The Morgan fingerprint density at radius 3 is 2.37 bits per heavy atom. The van der Waals surface area contributed by atoms with E-state index in [1.807, 2.05) is 30.3 Å². The van der Waals surface area contributed by atoms with Crippen LogP contribution in [0.4, 0.5) is 23.0 Å².